The Bertz CT molecular complexity index is 526. The minimum atomic E-state index is -0.435. The lowest BCUT2D eigenvalue weighted by molar-refractivity contribution is -0.384. The zero-order chi connectivity index (χ0) is 11.5. The maximum absolute atomic E-state index is 10.5. The first-order chi connectivity index (χ1) is 7.66. The summed E-state index contributed by atoms with van der Waals surface area (Å²) in [5.74, 6) is 0. The second-order valence-electron chi connectivity index (χ2n) is 3.16. The van der Waals surface area contributed by atoms with Gasteiger partial charge in [0.25, 0.3) is 5.69 Å². The van der Waals surface area contributed by atoms with Gasteiger partial charge in [-0.25, -0.2) is 0 Å². The Morgan fingerprint density at radius 2 is 1.88 bits per heavy atom. The fourth-order valence-electron chi connectivity index (χ4n) is 1.32. The first-order valence-corrected chi connectivity index (χ1v) is 4.91. The van der Waals surface area contributed by atoms with Gasteiger partial charge in [0.2, 0.25) is 0 Å². The van der Waals surface area contributed by atoms with Crippen molar-refractivity contribution in [2.24, 2.45) is 0 Å². The van der Waals surface area contributed by atoms with Gasteiger partial charge in [0.1, 0.15) is 0 Å². The van der Waals surface area contributed by atoms with E-state index < -0.39 is 4.92 Å². The van der Waals surface area contributed by atoms with Crippen LogP contribution in [0.1, 0.15) is 0 Å². The smallest absolute Gasteiger partial charge is 0.258 e. The molecule has 0 bridgehead atoms. The molecule has 0 radical (unpaired) electrons. The lowest BCUT2D eigenvalue weighted by Crippen LogP contribution is -1.88. The number of nitro benzene ring substituents is 1. The van der Waals surface area contributed by atoms with Gasteiger partial charge in [-0.2, -0.15) is 0 Å². The van der Waals surface area contributed by atoms with Gasteiger partial charge in [0.05, 0.1) is 10.6 Å². The maximum atomic E-state index is 10.5. The van der Waals surface area contributed by atoms with Gasteiger partial charge < -0.3 is 0 Å². The molecule has 0 aliphatic rings. The summed E-state index contributed by atoms with van der Waals surface area (Å²) in [4.78, 5) is 14.2. The molecule has 5 heteroatoms. The number of halogens is 1. The molecule has 80 valence electrons. The van der Waals surface area contributed by atoms with Crippen LogP contribution in [0.4, 0.5) is 5.69 Å². The van der Waals surface area contributed by atoms with Crippen LogP contribution in [0.5, 0.6) is 0 Å². The number of hydrogen-bond donors (Lipinski definition) is 0. The van der Waals surface area contributed by atoms with Crippen LogP contribution in [-0.2, 0) is 0 Å². The topological polar surface area (TPSA) is 56.0 Å². The molecular weight excluding hydrogens is 228 g/mol. The van der Waals surface area contributed by atoms with Crippen molar-refractivity contribution < 1.29 is 4.92 Å². The summed E-state index contributed by atoms with van der Waals surface area (Å²) in [5, 5.41) is 11.1. The van der Waals surface area contributed by atoms with Crippen LogP contribution in [0.3, 0.4) is 0 Å². The third-order valence-corrected chi connectivity index (χ3v) is 2.33. The molecule has 0 amide bonds. The summed E-state index contributed by atoms with van der Waals surface area (Å²) in [6.45, 7) is 0. The highest BCUT2D eigenvalue weighted by molar-refractivity contribution is 6.30. The Balaban J connectivity index is 2.38. The molecule has 0 atom stereocenters. The number of hydrogen-bond acceptors (Lipinski definition) is 3. The van der Waals surface area contributed by atoms with E-state index in [2.05, 4.69) is 4.98 Å². The Morgan fingerprint density at radius 3 is 2.44 bits per heavy atom. The molecule has 1 aromatic carbocycles. The predicted octanol–water partition coefficient (Wildman–Crippen LogP) is 3.31. The van der Waals surface area contributed by atoms with Crippen molar-refractivity contribution in [3.63, 3.8) is 0 Å². The zero-order valence-corrected chi connectivity index (χ0v) is 8.89. The number of rotatable bonds is 2. The first kappa shape index (κ1) is 10.6. The van der Waals surface area contributed by atoms with Crippen LogP contribution < -0.4 is 0 Å². The largest absolute Gasteiger partial charge is 0.269 e. The van der Waals surface area contributed by atoms with Crippen molar-refractivity contribution in [2.45, 2.75) is 0 Å². The lowest BCUT2D eigenvalue weighted by atomic mass is 10.1. The first-order valence-electron chi connectivity index (χ1n) is 4.53. The third kappa shape index (κ3) is 2.17. The summed E-state index contributed by atoms with van der Waals surface area (Å²) in [7, 11) is 0. The summed E-state index contributed by atoms with van der Waals surface area (Å²) >= 11 is 5.83. The molecule has 0 spiro atoms. The SMILES string of the molecule is O=[N+]([O-])c1ccc(-c2cc(Cl)ccn2)cc1. The molecule has 1 heterocycles. The van der Waals surface area contributed by atoms with E-state index in [1.54, 1.807) is 30.5 Å². The minimum Gasteiger partial charge on any atom is -0.258 e. The Labute approximate surface area is 96.7 Å². The Morgan fingerprint density at radius 1 is 1.19 bits per heavy atom. The Kier molecular flexibility index (Phi) is 2.83. The van der Waals surface area contributed by atoms with Gasteiger partial charge in [0.15, 0.2) is 0 Å². The fraction of sp³-hybridized carbons (Fsp3) is 0. The van der Waals surface area contributed by atoms with Crippen molar-refractivity contribution in [3.05, 3.63) is 57.7 Å². The number of pyridine rings is 1. The van der Waals surface area contributed by atoms with Crippen molar-refractivity contribution in [1.82, 2.24) is 4.98 Å². The second kappa shape index (κ2) is 4.28. The van der Waals surface area contributed by atoms with Gasteiger partial charge in [0, 0.05) is 28.9 Å². The van der Waals surface area contributed by atoms with Gasteiger partial charge in [-0.3, -0.25) is 15.1 Å². The van der Waals surface area contributed by atoms with E-state index in [-0.39, 0.29) is 5.69 Å². The molecule has 0 aliphatic carbocycles. The van der Waals surface area contributed by atoms with Crippen LogP contribution in [-0.4, -0.2) is 9.91 Å². The number of nitro groups is 1. The predicted molar refractivity (Wildman–Crippen MR) is 61.3 cm³/mol. The Hall–Kier alpha value is -1.94. The minimum absolute atomic E-state index is 0.0609. The number of benzene rings is 1. The van der Waals surface area contributed by atoms with E-state index in [1.165, 1.54) is 12.1 Å². The average Bonchev–Trinajstić information content (AvgIpc) is 2.29. The summed E-state index contributed by atoms with van der Waals surface area (Å²) < 4.78 is 0. The molecule has 16 heavy (non-hydrogen) atoms. The molecule has 1 aromatic heterocycles. The molecule has 0 fully saturated rings. The summed E-state index contributed by atoms with van der Waals surface area (Å²) in [6, 6.07) is 9.57. The van der Waals surface area contributed by atoms with Crippen LogP contribution >= 0.6 is 11.6 Å². The second-order valence-corrected chi connectivity index (χ2v) is 3.60. The van der Waals surface area contributed by atoms with E-state index >= 15 is 0 Å². The molecular formula is C11H7ClN2O2. The molecule has 0 unspecified atom stereocenters. The van der Waals surface area contributed by atoms with E-state index in [0.29, 0.717) is 10.7 Å². The van der Waals surface area contributed by atoms with Crippen LogP contribution in [0.2, 0.25) is 5.02 Å². The highest BCUT2D eigenvalue weighted by Crippen LogP contribution is 2.22. The van der Waals surface area contributed by atoms with Crippen molar-refractivity contribution in [2.75, 3.05) is 0 Å². The molecule has 2 rings (SSSR count). The zero-order valence-electron chi connectivity index (χ0n) is 8.13. The van der Waals surface area contributed by atoms with Crippen LogP contribution in [0.15, 0.2) is 42.6 Å². The van der Waals surface area contributed by atoms with Gasteiger partial charge in [-0.1, -0.05) is 11.6 Å². The van der Waals surface area contributed by atoms with E-state index in [9.17, 15) is 10.1 Å². The highest BCUT2D eigenvalue weighted by Gasteiger charge is 2.05. The molecule has 2 aromatic rings. The lowest BCUT2D eigenvalue weighted by Gasteiger charge is -2.00. The van der Waals surface area contributed by atoms with Crippen LogP contribution in [0, 0.1) is 10.1 Å². The van der Waals surface area contributed by atoms with Gasteiger partial charge in [-0.15, -0.1) is 0 Å². The van der Waals surface area contributed by atoms with Gasteiger partial charge >= 0.3 is 0 Å². The number of nitrogens with zero attached hydrogens (tertiary/aromatic N) is 2. The molecule has 0 aliphatic heterocycles. The maximum Gasteiger partial charge on any atom is 0.269 e. The van der Waals surface area contributed by atoms with Crippen LogP contribution in [0.25, 0.3) is 11.3 Å². The molecule has 0 saturated carbocycles. The van der Waals surface area contributed by atoms with Crippen molar-refractivity contribution in [3.8, 4) is 11.3 Å². The van der Waals surface area contributed by atoms with Crippen molar-refractivity contribution >= 4 is 17.3 Å². The number of non-ortho nitro benzene ring substituents is 1. The van der Waals surface area contributed by atoms with E-state index in [1.807, 2.05) is 0 Å². The molecule has 0 N–H and O–H groups in total. The molecule has 0 saturated heterocycles. The van der Waals surface area contributed by atoms with E-state index in [0.717, 1.165) is 5.56 Å². The van der Waals surface area contributed by atoms with E-state index in [4.69, 9.17) is 11.6 Å². The highest BCUT2D eigenvalue weighted by atomic mass is 35.5. The average molecular weight is 235 g/mol. The third-order valence-electron chi connectivity index (χ3n) is 2.10. The fourth-order valence-corrected chi connectivity index (χ4v) is 1.48. The van der Waals surface area contributed by atoms with Gasteiger partial charge in [-0.05, 0) is 24.3 Å². The molecule has 4 nitrogen and oxygen atoms in total. The summed E-state index contributed by atoms with van der Waals surface area (Å²) in [6.07, 6.45) is 1.60. The quantitative estimate of drug-likeness (QED) is 0.592. The normalized spacial score (nSPS) is 10.1. The van der Waals surface area contributed by atoms with Crippen molar-refractivity contribution in [1.29, 1.82) is 0 Å². The standard InChI is InChI=1S/C11H7ClN2O2/c12-9-5-6-13-11(7-9)8-1-3-10(4-2-8)14(15)16/h1-7H. The monoisotopic (exact) mass is 234 g/mol. The summed E-state index contributed by atoms with van der Waals surface area (Å²) in [5.41, 5.74) is 1.56. The number of aromatic nitrogens is 1.